The van der Waals surface area contributed by atoms with Gasteiger partial charge >= 0.3 is 0 Å². The SMILES string of the molecule is CCCOc1ccc(C(OC(c2ccc(OCCC)cc2)c2ccc([C@H]3CC[C@H](CCC)CC3)cc2C#N)c2ccc([C@H]3CC[C@H](CCC)CC3)cc2C#N)cc1. The van der Waals surface area contributed by atoms with Crippen LogP contribution in [0.1, 0.15) is 186 Å². The van der Waals surface area contributed by atoms with Gasteiger partial charge in [-0.25, -0.2) is 0 Å². The molecular formula is C52H64N2O3. The van der Waals surface area contributed by atoms with Gasteiger partial charge in [0.15, 0.2) is 0 Å². The molecule has 5 heteroatoms. The molecule has 4 aromatic carbocycles. The Hall–Kier alpha value is -4.58. The summed E-state index contributed by atoms with van der Waals surface area (Å²) in [6.07, 6.45) is 15.5. The van der Waals surface area contributed by atoms with Crippen molar-refractivity contribution >= 4 is 0 Å². The maximum Gasteiger partial charge on any atom is 0.119 e. The van der Waals surface area contributed by atoms with E-state index in [1.54, 1.807) is 0 Å². The minimum absolute atomic E-state index is 0.466. The summed E-state index contributed by atoms with van der Waals surface area (Å²) in [5.41, 5.74) is 7.28. The van der Waals surface area contributed by atoms with E-state index >= 15 is 0 Å². The van der Waals surface area contributed by atoms with Gasteiger partial charge in [-0.15, -0.1) is 0 Å². The quantitative estimate of drug-likeness (QED) is 0.101. The molecule has 2 fully saturated rings. The van der Waals surface area contributed by atoms with E-state index in [0.717, 1.165) is 58.4 Å². The largest absolute Gasteiger partial charge is 0.494 e. The molecule has 57 heavy (non-hydrogen) atoms. The lowest BCUT2D eigenvalue weighted by Gasteiger charge is -2.31. The topological polar surface area (TPSA) is 75.3 Å². The van der Waals surface area contributed by atoms with E-state index in [0.29, 0.717) is 36.2 Å². The molecule has 2 unspecified atom stereocenters. The molecule has 0 N–H and O–H groups in total. The van der Waals surface area contributed by atoms with Gasteiger partial charge in [-0.2, -0.15) is 10.5 Å². The number of hydrogen-bond acceptors (Lipinski definition) is 5. The molecule has 0 bridgehead atoms. The predicted octanol–water partition coefficient (Wildman–Crippen LogP) is 14.1. The Morgan fingerprint density at radius 1 is 0.509 bits per heavy atom. The Morgan fingerprint density at radius 2 is 0.895 bits per heavy atom. The zero-order chi connectivity index (χ0) is 40.0. The van der Waals surface area contributed by atoms with Crippen LogP contribution < -0.4 is 9.47 Å². The highest BCUT2D eigenvalue weighted by Gasteiger charge is 2.30. The number of hydrogen-bond donors (Lipinski definition) is 0. The van der Waals surface area contributed by atoms with Crippen LogP contribution in [0.3, 0.4) is 0 Å². The van der Waals surface area contributed by atoms with Crippen molar-refractivity contribution in [3.63, 3.8) is 0 Å². The normalized spacial score (nSPS) is 20.5. The first-order valence-electron chi connectivity index (χ1n) is 22.2. The van der Waals surface area contributed by atoms with Crippen molar-refractivity contribution in [2.75, 3.05) is 13.2 Å². The number of benzene rings is 4. The van der Waals surface area contributed by atoms with Gasteiger partial charge in [-0.3, -0.25) is 0 Å². The van der Waals surface area contributed by atoms with Crippen LogP contribution in [-0.4, -0.2) is 13.2 Å². The van der Waals surface area contributed by atoms with E-state index in [1.807, 2.05) is 24.3 Å². The van der Waals surface area contributed by atoms with Crippen molar-refractivity contribution in [3.05, 3.63) is 129 Å². The zero-order valence-corrected chi connectivity index (χ0v) is 35.0. The molecule has 2 aliphatic carbocycles. The Balaban J connectivity index is 1.40. The highest BCUT2D eigenvalue weighted by molar-refractivity contribution is 5.49. The fourth-order valence-electron chi connectivity index (χ4n) is 9.41. The number of ether oxygens (including phenoxy) is 3. The third kappa shape index (κ3) is 10.9. The highest BCUT2D eigenvalue weighted by Crippen LogP contribution is 2.43. The van der Waals surface area contributed by atoms with Gasteiger partial charge in [0.05, 0.1) is 36.5 Å². The van der Waals surface area contributed by atoms with E-state index in [4.69, 9.17) is 14.2 Å². The summed E-state index contributed by atoms with van der Waals surface area (Å²) in [4.78, 5) is 0. The number of rotatable bonds is 18. The van der Waals surface area contributed by atoms with Crippen LogP contribution in [-0.2, 0) is 4.74 Å². The van der Waals surface area contributed by atoms with E-state index in [-0.39, 0.29) is 0 Å². The molecule has 0 spiro atoms. The molecule has 0 heterocycles. The summed E-state index contributed by atoms with van der Waals surface area (Å²) in [5.74, 6) is 4.18. The predicted molar refractivity (Wildman–Crippen MR) is 231 cm³/mol. The Morgan fingerprint density at radius 3 is 1.23 bits per heavy atom. The van der Waals surface area contributed by atoms with Gasteiger partial charge < -0.3 is 14.2 Å². The molecule has 0 aromatic heterocycles. The smallest absolute Gasteiger partial charge is 0.119 e. The number of nitrogens with zero attached hydrogens (tertiary/aromatic N) is 2. The van der Waals surface area contributed by atoms with Gasteiger partial charge in [-0.1, -0.05) is 102 Å². The van der Waals surface area contributed by atoms with Gasteiger partial charge in [-0.05, 0) is 147 Å². The van der Waals surface area contributed by atoms with Crippen LogP contribution in [0, 0.1) is 34.5 Å². The summed E-state index contributed by atoms with van der Waals surface area (Å²) in [6.45, 7) is 10.1. The van der Waals surface area contributed by atoms with Crippen LogP contribution in [0.25, 0.3) is 0 Å². The van der Waals surface area contributed by atoms with E-state index in [9.17, 15) is 10.5 Å². The lowest BCUT2D eigenvalue weighted by molar-refractivity contribution is 0.0305. The zero-order valence-electron chi connectivity index (χ0n) is 35.0. The second kappa shape index (κ2) is 21.3. The van der Waals surface area contributed by atoms with Crippen molar-refractivity contribution in [2.45, 2.75) is 142 Å². The van der Waals surface area contributed by atoms with Crippen LogP contribution in [0.2, 0.25) is 0 Å². The molecular weight excluding hydrogens is 701 g/mol. The number of nitriles is 2. The Labute approximate surface area is 343 Å². The van der Waals surface area contributed by atoms with Crippen molar-refractivity contribution in [3.8, 4) is 23.6 Å². The summed E-state index contributed by atoms with van der Waals surface area (Å²) < 4.78 is 19.3. The lowest BCUT2D eigenvalue weighted by Crippen LogP contribution is -2.17. The average Bonchev–Trinajstić information content (AvgIpc) is 3.26. The van der Waals surface area contributed by atoms with Gasteiger partial charge in [0, 0.05) is 11.1 Å². The standard InChI is InChI=1S/C52H64N2O3/c1-5-9-37-11-15-39(16-12-37)43-23-29-49(45(33-43)35-53)51(41-19-25-47(26-20-41)55-31-7-3)57-52(42-21-27-48(28-22-42)56-32-8-4)50-30-24-44(34-46(50)36-54)40-17-13-38(10-6-2)14-18-40/h19-30,33-34,37-40,51-52H,5-18,31-32H2,1-4H3/t37-,38-,39-,40-,51?,52?. The molecule has 0 radical (unpaired) electrons. The highest BCUT2D eigenvalue weighted by atomic mass is 16.5. The molecule has 0 amide bonds. The lowest BCUT2D eigenvalue weighted by atomic mass is 9.76. The Bertz CT molecular complexity index is 1780. The molecule has 6 rings (SSSR count). The first kappa shape index (κ1) is 42.0. The van der Waals surface area contributed by atoms with Crippen molar-refractivity contribution in [2.24, 2.45) is 11.8 Å². The second-order valence-electron chi connectivity index (χ2n) is 16.7. The van der Waals surface area contributed by atoms with Crippen molar-refractivity contribution < 1.29 is 14.2 Å². The van der Waals surface area contributed by atoms with Crippen molar-refractivity contribution in [1.82, 2.24) is 0 Å². The maximum atomic E-state index is 10.8. The monoisotopic (exact) mass is 764 g/mol. The second-order valence-corrected chi connectivity index (χ2v) is 16.7. The molecule has 5 nitrogen and oxygen atoms in total. The van der Waals surface area contributed by atoms with Gasteiger partial charge in [0.25, 0.3) is 0 Å². The molecule has 0 saturated heterocycles. The van der Waals surface area contributed by atoms with Crippen LogP contribution >= 0.6 is 0 Å². The molecule has 0 aliphatic heterocycles. The maximum absolute atomic E-state index is 10.8. The fraction of sp³-hybridized carbons (Fsp3) is 0.500. The molecule has 4 aromatic rings. The summed E-state index contributed by atoms with van der Waals surface area (Å²) >= 11 is 0. The summed E-state index contributed by atoms with van der Waals surface area (Å²) in [7, 11) is 0. The third-order valence-corrected chi connectivity index (χ3v) is 12.6. The molecule has 2 atom stereocenters. The summed E-state index contributed by atoms with van der Waals surface area (Å²) in [5, 5.41) is 21.5. The molecule has 2 aliphatic rings. The first-order valence-corrected chi connectivity index (χ1v) is 22.2. The minimum Gasteiger partial charge on any atom is -0.494 e. The van der Waals surface area contributed by atoms with E-state index < -0.39 is 12.2 Å². The van der Waals surface area contributed by atoms with E-state index in [1.165, 1.54) is 88.2 Å². The first-order chi connectivity index (χ1) is 28.0. The van der Waals surface area contributed by atoms with Crippen molar-refractivity contribution in [1.29, 1.82) is 10.5 Å². The van der Waals surface area contributed by atoms with E-state index in [2.05, 4.69) is 100 Å². The molecule has 2 saturated carbocycles. The molecule has 300 valence electrons. The average molecular weight is 765 g/mol. The van der Waals surface area contributed by atoms with Crippen LogP contribution in [0.5, 0.6) is 11.5 Å². The fourth-order valence-corrected chi connectivity index (χ4v) is 9.41. The van der Waals surface area contributed by atoms with Gasteiger partial charge in [0.2, 0.25) is 0 Å². The van der Waals surface area contributed by atoms with Crippen LogP contribution in [0.4, 0.5) is 0 Å². The summed E-state index contributed by atoms with van der Waals surface area (Å²) in [6, 6.07) is 34.3. The van der Waals surface area contributed by atoms with Gasteiger partial charge in [0.1, 0.15) is 23.7 Å². The Kier molecular flexibility index (Phi) is 15.7. The van der Waals surface area contributed by atoms with Crippen LogP contribution in [0.15, 0.2) is 84.9 Å². The third-order valence-electron chi connectivity index (χ3n) is 12.6. The minimum atomic E-state index is -0.588.